The first-order valence-electron chi connectivity index (χ1n) is 8.56. The van der Waals surface area contributed by atoms with Gasteiger partial charge in [0.25, 0.3) is 0 Å². The fourth-order valence-electron chi connectivity index (χ4n) is 2.97. The van der Waals surface area contributed by atoms with E-state index < -0.39 is 12.0 Å². The van der Waals surface area contributed by atoms with Crippen molar-refractivity contribution in [3.05, 3.63) is 41.1 Å². The molecule has 0 fully saturated rings. The number of methoxy groups -OCH3 is 1. The molecule has 0 unspecified atom stereocenters. The number of carbonyl (C=O) groups excluding carboxylic acids is 2. The lowest BCUT2D eigenvalue weighted by Gasteiger charge is -2.29. The van der Waals surface area contributed by atoms with Crippen molar-refractivity contribution in [1.29, 1.82) is 0 Å². The zero-order valence-electron chi connectivity index (χ0n) is 15.2. The molecule has 2 atom stereocenters. The molecule has 1 aliphatic rings. The summed E-state index contributed by atoms with van der Waals surface area (Å²) in [6.07, 6.45) is 2.04. The lowest BCUT2D eigenvalue weighted by atomic mass is 9.95. The Hall–Kier alpha value is -2.50. The van der Waals surface area contributed by atoms with Gasteiger partial charge in [-0.2, -0.15) is 0 Å². The Kier molecular flexibility index (Phi) is 6.44. The first kappa shape index (κ1) is 18.8. The maximum Gasteiger partial charge on any atom is 0.338 e. The predicted molar refractivity (Wildman–Crippen MR) is 95.1 cm³/mol. The van der Waals surface area contributed by atoms with Crippen molar-refractivity contribution < 1.29 is 19.1 Å². The summed E-state index contributed by atoms with van der Waals surface area (Å²) in [7, 11) is 1.56. The average molecular weight is 346 g/mol. The zero-order valence-corrected chi connectivity index (χ0v) is 15.2. The topological polar surface area (TPSA) is 76.7 Å². The fraction of sp³-hybridized carbons (Fsp3) is 0.474. The van der Waals surface area contributed by atoms with E-state index >= 15 is 0 Å². The van der Waals surface area contributed by atoms with E-state index in [1.807, 2.05) is 18.2 Å². The van der Waals surface area contributed by atoms with Crippen molar-refractivity contribution in [2.75, 3.05) is 13.7 Å². The van der Waals surface area contributed by atoms with Gasteiger partial charge in [-0.15, -0.1) is 0 Å². The molecule has 1 heterocycles. The van der Waals surface area contributed by atoms with Crippen molar-refractivity contribution in [1.82, 2.24) is 10.6 Å². The Bertz CT molecular complexity index is 669. The van der Waals surface area contributed by atoms with Crippen LogP contribution in [0, 0.1) is 5.92 Å². The van der Waals surface area contributed by atoms with E-state index in [4.69, 9.17) is 9.47 Å². The lowest BCUT2D eigenvalue weighted by molar-refractivity contribution is -0.140. The minimum Gasteiger partial charge on any atom is -0.496 e. The van der Waals surface area contributed by atoms with Crippen LogP contribution in [0.4, 0.5) is 4.79 Å². The number of nitrogens with one attached hydrogen (secondary N) is 2. The van der Waals surface area contributed by atoms with Crippen LogP contribution < -0.4 is 15.4 Å². The van der Waals surface area contributed by atoms with Gasteiger partial charge in [0, 0.05) is 11.3 Å². The number of hydrogen-bond donors (Lipinski definition) is 2. The van der Waals surface area contributed by atoms with Gasteiger partial charge >= 0.3 is 12.0 Å². The molecule has 0 saturated carbocycles. The van der Waals surface area contributed by atoms with Crippen LogP contribution in [-0.2, 0) is 9.53 Å². The molecule has 25 heavy (non-hydrogen) atoms. The van der Waals surface area contributed by atoms with Gasteiger partial charge in [0.2, 0.25) is 0 Å². The van der Waals surface area contributed by atoms with Gasteiger partial charge in [-0.3, -0.25) is 0 Å². The minimum atomic E-state index is -0.612. The largest absolute Gasteiger partial charge is 0.496 e. The van der Waals surface area contributed by atoms with Crippen molar-refractivity contribution in [2.45, 2.75) is 39.7 Å². The summed E-state index contributed by atoms with van der Waals surface area (Å²) in [5.74, 6) is 0.474. The number of urea groups is 1. The van der Waals surface area contributed by atoms with Crippen LogP contribution >= 0.6 is 0 Å². The molecule has 1 aliphatic heterocycles. The van der Waals surface area contributed by atoms with E-state index in [0.717, 1.165) is 12.8 Å². The second-order valence-corrected chi connectivity index (χ2v) is 6.30. The number of benzene rings is 1. The van der Waals surface area contributed by atoms with Crippen molar-refractivity contribution >= 4 is 12.0 Å². The Morgan fingerprint density at radius 1 is 1.32 bits per heavy atom. The van der Waals surface area contributed by atoms with E-state index in [9.17, 15) is 9.59 Å². The summed E-state index contributed by atoms with van der Waals surface area (Å²) >= 11 is 0. The molecule has 2 rings (SSSR count). The lowest BCUT2D eigenvalue weighted by Crippen LogP contribution is -2.45. The molecule has 0 spiro atoms. The maximum atomic E-state index is 12.7. The molecule has 0 saturated heterocycles. The van der Waals surface area contributed by atoms with Gasteiger partial charge < -0.3 is 20.1 Å². The molecular formula is C19H26N2O4. The fourth-order valence-corrected chi connectivity index (χ4v) is 2.97. The number of ether oxygens (including phenoxy) is 2. The molecule has 1 aromatic rings. The third-order valence-corrected chi connectivity index (χ3v) is 4.22. The highest BCUT2D eigenvalue weighted by Crippen LogP contribution is 2.33. The molecule has 6 heteroatoms. The third kappa shape index (κ3) is 4.53. The smallest absolute Gasteiger partial charge is 0.338 e. The summed E-state index contributed by atoms with van der Waals surface area (Å²) in [6, 6.07) is 6.34. The predicted octanol–water partition coefficient (Wildman–Crippen LogP) is 3.30. The highest BCUT2D eigenvalue weighted by Gasteiger charge is 2.33. The molecule has 0 aromatic heterocycles. The van der Waals surface area contributed by atoms with Gasteiger partial charge in [-0.1, -0.05) is 38.5 Å². The summed E-state index contributed by atoms with van der Waals surface area (Å²) in [5.41, 5.74) is 1.60. The number of para-hydroxylation sites is 1. The molecule has 6 nitrogen and oxygen atoms in total. The maximum absolute atomic E-state index is 12.7. The second kappa shape index (κ2) is 8.55. The molecule has 0 aliphatic carbocycles. The Morgan fingerprint density at radius 2 is 2.04 bits per heavy atom. The number of esters is 1. The van der Waals surface area contributed by atoms with Crippen LogP contribution in [0.1, 0.15) is 45.2 Å². The Balaban J connectivity index is 2.29. The normalized spacial score (nSPS) is 18.2. The summed E-state index contributed by atoms with van der Waals surface area (Å²) in [4.78, 5) is 24.6. The summed E-state index contributed by atoms with van der Waals surface area (Å²) in [5, 5.41) is 5.44. The van der Waals surface area contributed by atoms with Crippen LogP contribution in [-0.4, -0.2) is 25.7 Å². The number of hydrogen-bond acceptors (Lipinski definition) is 4. The van der Waals surface area contributed by atoms with Crippen molar-refractivity contribution in [2.24, 2.45) is 5.92 Å². The SMILES string of the molecule is CCC[C@@H](C)COC(=O)C1=C(C)NC(=O)N[C@@H]1c1ccccc1OC. The van der Waals surface area contributed by atoms with E-state index in [1.54, 1.807) is 20.1 Å². The molecular weight excluding hydrogens is 320 g/mol. The monoisotopic (exact) mass is 346 g/mol. The first-order valence-corrected chi connectivity index (χ1v) is 8.56. The van der Waals surface area contributed by atoms with Crippen LogP contribution in [0.5, 0.6) is 5.75 Å². The van der Waals surface area contributed by atoms with Crippen LogP contribution in [0.3, 0.4) is 0 Å². The first-order chi connectivity index (χ1) is 12.0. The minimum absolute atomic E-state index is 0.297. The molecule has 0 radical (unpaired) electrons. The van der Waals surface area contributed by atoms with Gasteiger partial charge in [-0.05, 0) is 25.3 Å². The Labute approximate surface area is 148 Å². The van der Waals surface area contributed by atoms with E-state index in [2.05, 4.69) is 24.5 Å². The third-order valence-electron chi connectivity index (χ3n) is 4.22. The van der Waals surface area contributed by atoms with Crippen molar-refractivity contribution in [3.63, 3.8) is 0 Å². The van der Waals surface area contributed by atoms with Gasteiger partial charge in [0.15, 0.2) is 0 Å². The number of amides is 2. The molecule has 2 amide bonds. The number of carbonyl (C=O) groups is 2. The highest BCUT2D eigenvalue weighted by molar-refractivity contribution is 5.95. The van der Waals surface area contributed by atoms with Gasteiger partial charge in [0.1, 0.15) is 5.75 Å². The zero-order chi connectivity index (χ0) is 18.4. The second-order valence-electron chi connectivity index (χ2n) is 6.30. The Morgan fingerprint density at radius 3 is 2.72 bits per heavy atom. The van der Waals surface area contributed by atoms with E-state index in [1.165, 1.54) is 0 Å². The average Bonchev–Trinajstić information content (AvgIpc) is 2.59. The molecule has 136 valence electrons. The van der Waals surface area contributed by atoms with Crippen LogP contribution in [0.2, 0.25) is 0 Å². The molecule has 2 N–H and O–H groups in total. The van der Waals surface area contributed by atoms with E-state index in [0.29, 0.717) is 35.1 Å². The van der Waals surface area contributed by atoms with Crippen LogP contribution in [0.25, 0.3) is 0 Å². The molecule has 1 aromatic carbocycles. The highest BCUT2D eigenvalue weighted by atomic mass is 16.5. The van der Waals surface area contributed by atoms with Crippen molar-refractivity contribution in [3.8, 4) is 5.75 Å². The molecule has 0 bridgehead atoms. The van der Waals surface area contributed by atoms with E-state index in [-0.39, 0.29) is 6.03 Å². The quantitative estimate of drug-likeness (QED) is 0.743. The van der Waals surface area contributed by atoms with Crippen LogP contribution in [0.15, 0.2) is 35.5 Å². The number of rotatable bonds is 7. The van der Waals surface area contributed by atoms with Gasteiger partial charge in [0.05, 0.1) is 25.3 Å². The standard InChI is InChI=1S/C19H26N2O4/c1-5-8-12(2)11-25-18(22)16-13(3)20-19(23)21-17(16)14-9-6-7-10-15(14)24-4/h6-7,9-10,12,17H,5,8,11H2,1-4H3,(H2,20,21,23)/t12-,17-/m1/s1. The number of allylic oxidation sites excluding steroid dienone is 1. The summed E-state index contributed by atoms with van der Waals surface area (Å²) < 4.78 is 10.9. The van der Waals surface area contributed by atoms with Gasteiger partial charge in [-0.25, -0.2) is 9.59 Å². The summed E-state index contributed by atoms with van der Waals surface area (Å²) in [6.45, 7) is 6.21.